The van der Waals surface area contributed by atoms with Gasteiger partial charge in [-0.2, -0.15) is 10.2 Å². The summed E-state index contributed by atoms with van der Waals surface area (Å²) in [7, 11) is 1.64. The highest BCUT2D eigenvalue weighted by Gasteiger charge is 2.22. The SMILES string of the molecule is COc1ccc2c(c1)c(CC(=O)NCCNS(=O)(=O)c1ccc(/N=N/c3ccc(N(C)C)cc3)cc1)c(C)n2C(=O)c1ccc(CI)cc1. The molecular formula is C36H37IN6O5S. The van der Waals surface area contributed by atoms with Gasteiger partial charge in [0.1, 0.15) is 5.75 Å². The van der Waals surface area contributed by atoms with Crippen molar-refractivity contribution in [3.63, 3.8) is 0 Å². The number of sulfonamides is 1. The first-order valence-corrected chi connectivity index (χ1v) is 18.4. The second-order valence-corrected chi connectivity index (χ2v) is 14.0. The highest BCUT2D eigenvalue weighted by molar-refractivity contribution is 14.1. The number of aromatic nitrogens is 1. The van der Waals surface area contributed by atoms with Crippen molar-refractivity contribution in [3.8, 4) is 5.75 Å². The topological polar surface area (TPSA) is 134 Å². The molecule has 4 aromatic carbocycles. The zero-order valence-corrected chi connectivity index (χ0v) is 30.6. The van der Waals surface area contributed by atoms with Gasteiger partial charge < -0.3 is 15.0 Å². The van der Waals surface area contributed by atoms with E-state index in [0.717, 1.165) is 21.1 Å². The molecule has 1 heterocycles. The Bertz CT molecular complexity index is 2090. The Morgan fingerprint density at radius 1 is 0.878 bits per heavy atom. The van der Waals surface area contributed by atoms with E-state index in [1.807, 2.05) is 86.6 Å². The van der Waals surface area contributed by atoms with Gasteiger partial charge in [0.2, 0.25) is 15.9 Å². The number of nitrogens with zero attached hydrogens (tertiary/aromatic N) is 4. The van der Waals surface area contributed by atoms with Crippen molar-refractivity contribution in [2.24, 2.45) is 10.2 Å². The number of carbonyl (C=O) groups excluding carboxylic acids is 2. The average molecular weight is 793 g/mol. The minimum atomic E-state index is -3.83. The van der Waals surface area contributed by atoms with Gasteiger partial charge in [0.15, 0.2) is 0 Å². The Balaban J connectivity index is 1.20. The van der Waals surface area contributed by atoms with Gasteiger partial charge in [0.25, 0.3) is 5.91 Å². The quantitative estimate of drug-likeness (QED) is 0.0590. The second kappa shape index (κ2) is 15.7. The van der Waals surface area contributed by atoms with E-state index in [4.69, 9.17) is 4.74 Å². The molecule has 0 aliphatic rings. The van der Waals surface area contributed by atoms with E-state index < -0.39 is 10.0 Å². The maximum absolute atomic E-state index is 13.6. The summed E-state index contributed by atoms with van der Waals surface area (Å²) >= 11 is 2.28. The van der Waals surface area contributed by atoms with Crippen molar-refractivity contribution in [1.82, 2.24) is 14.6 Å². The number of methoxy groups -OCH3 is 1. The minimum Gasteiger partial charge on any atom is -0.497 e. The fourth-order valence-corrected chi connectivity index (χ4v) is 6.80. The zero-order valence-electron chi connectivity index (χ0n) is 27.6. The number of benzene rings is 4. The van der Waals surface area contributed by atoms with Crippen LogP contribution in [0.1, 0.15) is 27.2 Å². The van der Waals surface area contributed by atoms with Crippen LogP contribution >= 0.6 is 22.6 Å². The molecule has 13 heteroatoms. The fourth-order valence-electron chi connectivity index (χ4n) is 5.26. The van der Waals surface area contributed by atoms with Gasteiger partial charge in [-0.1, -0.05) is 34.7 Å². The van der Waals surface area contributed by atoms with Crippen LogP contribution < -0.4 is 19.7 Å². The van der Waals surface area contributed by atoms with E-state index >= 15 is 0 Å². The molecule has 0 saturated heterocycles. The molecule has 0 radical (unpaired) electrons. The van der Waals surface area contributed by atoms with Crippen LogP contribution in [0.5, 0.6) is 5.75 Å². The summed E-state index contributed by atoms with van der Waals surface area (Å²) in [5.74, 6) is 0.0967. The van der Waals surface area contributed by atoms with Crippen LogP contribution in [0.4, 0.5) is 17.1 Å². The van der Waals surface area contributed by atoms with Crippen molar-refractivity contribution in [2.45, 2.75) is 22.7 Å². The number of ether oxygens (including phenoxy) is 1. The zero-order chi connectivity index (χ0) is 35.1. The van der Waals surface area contributed by atoms with Crippen LogP contribution in [0, 0.1) is 6.92 Å². The van der Waals surface area contributed by atoms with Crippen molar-refractivity contribution in [1.29, 1.82) is 0 Å². The predicted molar refractivity (Wildman–Crippen MR) is 200 cm³/mol. The highest BCUT2D eigenvalue weighted by Crippen LogP contribution is 2.31. The van der Waals surface area contributed by atoms with Crippen LogP contribution in [0.15, 0.2) is 106 Å². The molecule has 0 fully saturated rings. The molecule has 2 N–H and O–H groups in total. The molecule has 0 atom stereocenters. The Kier molecular flexibility index (Phi) is 11.5. The summed E-state index contributed by atoms with van der Waals surface area (Å²) in [6.07, 6.45) is -0.00782. The summed E-state index contributed by atoms with van der Waals surface area (Å²) in [4.78, 5) is 28.8. The van der Waals surface area contributed by atoms with Gasteiger partial charge in [0.05, 0.1) is 35.3 Å². The van der Waals surface area contributed by atoms with E-state index in [1.165, 1.54) is 12.1 Å². The Labute approximate surface area is 299 Å². The van der Waals surface area contributed by atoms with Crippen LogP contribution in [0.25, 0.3) is 10.9 Å². The molecule has 254 valence electrons. The lowest BCUT2D eigenvalue weighted by molar-refractivity contribution is -0.120. The highest BCUT2D eigenvalue weighted by atomic mass is 127. The molecule has 11 nitrogen and oxygen atoms in total. The fraction of sp³-hybridized carbons (Fsp3) is 0.222. The van der Waals surface area contributed by atoms with Gasteiger partial charge in [0, 0.05) is 53.9 Å². The number of hydrogen-bond acceptors (Lipinski definition) is 8. The number of rotatable bonds is 13. The lowest BCUT2D eigenvalue weighted by Gasteiger charge is -2.11. The molecule has 49 heavy (non-hydrogen) atoms. The van der Waals surface area contributed by atoms with Crippen LogP contribution in [0.2, 0.25) is 0 Å². The summed E-state index contributed by atoms with van der Waals surface area (Å²) in [5, 5.41) is 11.9. The van der Waals surface area contributed by atoms with Crippen molar-refractivity contribution < 1.29 is 22.7 Å². The molecule has 0 aliphatic carbocycles. The van der Waals surface area contributed by atoms with Gasteiger partial charge >= 0.3 is 0 Å². The molecule has 1 amide bonds. The monoisotopic (exact) mass is 792 g/mol. The molecule has 0 unspecified atom stereocenters. The van der Waals surface area contributed by atoms with E-state index in [1.54, 1.807) is 29.9 Å². The third-order valence-corrected chi connectivity index (χ3v) is 10.3. The number of anilines is 1. The number of nitrogens with one attached hydrogen (secondary N) is 2. The van der Waals surface area contributed by atoms with Crippen LogP contribution in [-0.4, -0.2) is 59.1 Å². The molecule has 0 spiro atoms. The first-order chi connectivity index (χ1) is 23.5. The van der Waals surface area contributed by atoms with E-state index in [9.17, 15) is 18.0 Å². The molecule has 5 aromatic rings. The predicted octanol–water partition coefficient (Wildman–Crippen LogP) is 6.70. The molecule has 0 bridgehead atoms. The van der Waals surface area contributed by atoms with Gasteiger partial charge in [-0.25, -0.2) is 13.1 Å². The van der Waals surface area contributed by atoms with Crippen LogP contribution in [-0.2, 0) is 25.7 Å². The summed E-state index contributed by atoms with van der Waals surface area (Å²) in [6.45, 7) is 1.87. The van der Waals surface area contributed by atoms with Crippen molar-refractivity contribution >= 4 is 72.4 Å². The lowest BCUT2D eigenvalue weighted by Crippen LogP contribution is -2.35. The summed E-state index contributed by atoms with van der Waals surface area (Å²) in [6, 6.07) is 26.5. The summed E-state index contributed by atoms with van der Waals surface area (Å²) in [5.41, 5.74) is 5.89. The average Bonchev–Trinajstić information content (AvgIpc) is 3.38. The molecule has 1 aromatic heterocycles. The first-order valence-electron chi connectivity index (χ1n) is 15.4. The third-order valence-electron chi connectivity index (χ3n) is 7.97. The smallest absolute Gasteiger partial charge is 0.262 e. The number of halogens is 1. The number of carbonyl (C=O) groups is 2. The van der Waals surface area contributed by atoms with Crippen molar-refractivity contribution in [3.05, 3.63) is 113 Å². The molecule has 0 aliphatic heterocycles. The van der Waals surface area contributed by atoms with Gasteiger partial charge in [-0.15, -0.1) is 0 Å². The number of azo groups is 1. The Morgan fingerprint density at radius 2 is 1.51 bits per heavy atom. The lowest BCUT2D eigenvalue weighted by atomic mass is 10.1. The van der Waals surface area contributed by atoms with E-state index in [2.05, 4.69) is 42.9 Å². The largest absolute Gasteiger partial charge is 0.497 e. The number of alkyl halides is 1. The molecular weight excluding hydrogens is 755 g/mol. The number of hydrogen-bond donors (Lipinski definition) is 2. The van der Waals surface area contributed by atoms with Crippen LogP contribution in [0.3, 0.4) is 0 Å². The normalized spacial score (nSPS) is 11.6. The minimum absolute atomic E-state index is 0.00782. The first kappa shape index (κ1) is 35.7. The second-order valence-electron chi connectivity index (χ2n) is 11.4. The third kappa shape index (κ3) is 8.53. The van der Waals surface area contributed by atoms with E-state index in [0.29, 0.717) is 39.5 Å². The number of fused-ring (bicyclic) bond motifs is 1. The summed E-state index contributed by atoms with van der Waals surface area (Å²) < 4.78 is 36.2. The van der Waals surface area contributed by atoms with E-state index in [-0.39, 0.29) is 36.2 Å². The maximum Gasteiger partial charge on any atom is 0.262 e. The Morgan fingerprint density at radius 3 is 2.10 bits per heavy atom. The van der Waals surface area contributed by atoms with Gasteiger partial charge in [-0.3, -0.25) is 14.2 Å². The standard InChI is InChI=1S/C36H37IN6O5S/c1-24-32(33-21-30(48-4)15-18-34(33)43(24)36(45)26-7-5-25(23-37)6-8-26)22-35(44)38-19-20-39-49(46,47)31-16-11-28(12-17-31)41-40-27-9-13-29(14-10-27)42(2)3/h5-18,21,39H,19-20,22-23H2,1-4H3,(H,38,44)/b41-40+. The maximum atomic E-state index is 13.6. The Hall–Kier alpha value is -4.60. The van der Waals surface area contributed by atoms with Gasteiger partial charge in [-0.05, 0) is 96.9 Å². The number of amides is 1. The molecule has 0 saturated carbocycles. The van der Waals surface area contributed by atoms with Crippen molar-refractivity contribution in [2.75, 3.05) is 39.2 Å². The molecule has 5 rings (SSSR count).